The van der Waals surface area contributed by atoms with Gasteiger partial charge >= 0.3 is 0 Å². The molecule has 0 amide bonds. The lowest BCUT2D eigenvalue weighted by atomic mass is 10.2. The van der Waals surface area contributed by atoms with Crippen LogP contribution in [0.15, 0.2) is 40.2 Å². The van der Waals surface area contributed by atoms with E-state index < -0.39 is 0 Å². The lowest BCUT2D eigenvalue weighted by molar-refractivity contribution is 0.309. The monoisotopic (exact) mass is 316 g/mol. The van der Waals surface area contributed by atoms with Gasteiger partial charge in [-0.05, 0) is 39.7 Å². The maximum atomic E-state index is 5.76. The van der Waals surface area contributed by atoms with Gasteiger partial charge in [0.2, 0.25) is 0 Å². The summed E-state index contributed by atoms with van der Waals surface area (Å²) < 4.78 is 6.78. The molecule has 0 atom stereocenters. The Morgan fingerprint density at radius 2 is 2.19 bits per heavy atom. The molecule has 0 radical (unpaired) electrons. The maximum absolute atomic E-state index is 5.76. The summed E-state index contributed by atoms with van der Waals surface area (Å²) in [4.78, 5) is 1.20. The molecule has 0 fully saturated rings. The van der Waals surface area contributed by atoms with Gasteiger partial charge in [0.25, 0.3) is 0 Å². The summed E-state index contributed by atoms with van der Waals surface area (Å²) in [6.07, 6.45) is 0. The molecule has 0 aliphatic carbocycles. The van der Waals surface area contributed by atoms with E-state index in [9.17, 15) is 0 Å². The minimum atomic E-state index is 0.516. The number of benzene rings is 1. The van der Waals surface area contributed by atoms with Gasteiger partial charge in [-0.15, -0.1) is 22.9 Å². The molecule has 0 saturated heterocycles. The molecular formula is C12H10BrClOS. The summed E-state index contributed by atoms with van der Waals surface area (Å²) in [6.45, 7) is 0.599. The second-order valence-electron chi connectivity index (χ2n) is 3.30. The van der Waals surface area contributed by atoms with E-state index in [1.165, 1.54) is 4.88 Å². The number of hydrogen-bond acceptors (Lipinski definition) is 2. The zero-order valence-electron chi connectivity index (χ0n) is 8.45. The average molecular weight is 318 g/mol. The number of rotatable bonds is 4. The third kappa shape index (κ3) is 3.24. The number of halogens is 2. The Hall–Kier alpha value is -0.510. The van der Waals surface area contributed by atoms with Crippen molar-refractivity contribution >= 4 is 38.9 Å². The highest BCUT2D eigenvalue weighted by Gasteiger charge is 2.00. The Bertz CT molecular complexity index is 470. The molecule has 1 aromatic carbocycles. The van der Waals surface area contributed by atoms with Gasteiger partial charge in [0.05, 0.1) is 0 Å². The first kappa shape index (κ1) is 12.0. The van der Waals surface area contributed by atoms with E-state index in [0.29, 0.717) is 12.5 Å². The van der Waals surface area contributed by atoms with Crippen LogP contribution in [0.2, 0.25) is 0 Å². The standard InChI is InChI=1S/C12H10BrClOS/c13-10-5-12(16-8-10)7-15-11-3-1-2-9(4-11)6-14/h1-5,8H,6-7H2. The van der Waals surface area contributed by atoms with Crippen molar-refractivity contribution in [3.05, 3.63) is 50.6 Å². The van der Waals surface area contributed by atoms with E-state index in [2.05, 4.69) is 22.0 Å². The van der Waals surface area contributed by atoms with Crippen molar-refractivity contribution in [2.75, 3.05) is 0 Å². The minimum absolute atomic E-state index is 0.516. The molecule has 0 aliphatic heterocycles. The van der Waals surface area contributed by atoms with Gasteiger partial charge in [0.15, 0.2) is 0 Å². The highest BCUT2D eigenvalue weighted by Crippen LogP contribution is 2.22. The van der Waals surface area contributed by atoms with Crippen LogP contribution < -0.4 is 4.74 Å². The normalized spacial score (nSPS) is 10.4. The Morgan fingerprint density at radius 3 is 2.88 bits per heavy atom. The molecule has 0 saturated carbocycles. The molecule has 4 heteroatoms. The Labute approximate surface area is 112 Å². The van der Waals surface area contributed by atoms with E-state index in [0.717, 1.165) is 15.8 Å². The van der Waals surface area contributed by atoms with Gasteiger partial charge < -0.3 is 4.74 Å². The minimum Gasteiger partial charge on any atom is -0.488 e. The lowest BCUT2D eigenvalue weighted by Gasteiger charge is -2.05. The third-order valence-corrected chi connectivity index (χ3v) is 4.04. The van der Waals surface area contributed by atoms with E-state index in [-0.39, 0.29) is 0 Å². The zero-order valence-corrected chi connectivity index (χ0v) is 11.6. The smallest absolute Gasteiger partial charge is 0.122 e. The molecule has 1 aromatic heterocycles. The van der Waals surface area contributed by atoms with E-state index in [1.807, 2.05) is 29.6 Å². The van der Waals surface area contributed by atoms with Crippen LogP contribution in [0, 0.1) is 0 Å². The van der Waals surface area contributed by atoms with Crippen LogP contribution in [0.5, 0.6) is 5.75 Å². The number of thiophene rings is 1. The highest BCUT2D eigenvalue weighted by molar-refractivity contribution is 9.10. The molecule has 84 valence electrons. The van der Waals surface area contributed by atoms with Gasteiger partial charge in [0.1, 0.15) is 12.4 Å². The average Bonchev–Trinajstić information content (AvgIpc) is 2.73. The second-order valence-corrected chi connectivity index (χ2v) is 5.48. The summed E-state index contributed by atoms with van der Waals surface area (Å²) in [5, 5.41) is 2.05. The van der Waals surface area contributed by atoms with Crippen molar-refractivity contribution in [2.24, 2.45) is 0 Å². The summed E-state index contributed by atoms with van der Waals surface area (Å²) in [5.74, 6) is 1.38. The SMILES string of the molecule is ClCc1cccc(OCc2cc(Br)cs2)c1. The predicted molar refractivity (Wildman–Crippen MR) is 72.4 cm³/mol. The van der Waals surface area contributed by atoms with E-state index in [4.69, 9.17) is 16.3 Å². The van der Waals surface area contributed by atoms with Crippen LogP contribution >= 0.6 is 38.9 Å². The molecule has 2 aromatic rings. The fourth-order valence-corrected chi connectivity index (χ4v) is 2.83. The zero-order chi connectivity index (χ0) is 11.4. The van der Waals surface area contributed by atoms with Crippen molar-refractivity contribution in [2.45, 2.75) is 12.5 Å². The molecule has 1 nitrogen and oxygen atoms in total. The highest BCUT2D eigenvalue weighted by atomic mass is 79.9. The van der Waals surface area contributed by atoms with Gasteiger partial charge in [-0.25, -0.2) is 0 Å². The molecule has 0 N–H and O–H groups in total. The van der Waals surface area contributed by atoms with Crippen LogP contribution in [0.4, 0.5) is 0 Å². The first-order valence-corrected chi connectivity index (χ1v) is 6.99. The van der Waals surface area contributed by atoms with Gasteiger partial charge in [-0.2, -0.15) is 0 Å². The van der Waals surface area contributed by atoms with Crippen molar-refractivity contribution in [1.29, 1.82) is 0 Å². The molecular weight excluding hydrogens is 308 g/mol. The first-order valence-electron chi connectivity index (χ1n) is 4.78. The molecule has 0 spiro atoms. The summed E-state index contributed by atoms with van der Waals surface area (Å²) >= 11 is 10.9. The Morgan fingerprint density at radius 1 is 1.31 bits per heavy atom. The number of ether oxygens (including phenoxy) is 1. The quantitative estimate of drug-likeness (QED) is 0.734. The van der Waals surface area contributed by atoms with Gasteiger partial charge in [-0.1, -0.05) is 12.1 Å². The van der Waals surface area contributed by atoms with Crippen LogP contribution in [0.1, 0.15) is 10.4 Å². The second kappa shape index (κ2) is 5.71. The van der Waals surface area contributed by atoms with Gasteiger partial charge in [-0.3, -0.25) is 0 Å². The van der Waals surface area contributed by atoms with Crippen LogP contribution in [-0.2, 0) is 12.5 Å². The molecule has 0 aliphatic rings. The molecule has 1 heterocycles. The van der Waals surface area contributed by atoms with Crippen molar-refractivity contribution < 1.29 is 4.74 Å². The molecule has 16 heavy (non-hydrogen) atoms. The summed E-state index contributed by atoms with van der Waals surface area (Å²) in [6, 6.07) is 9.92. The van der Waals surface area contributed by atoms with E-state index in [1.54, 1.807) is 11.3 Å². The molecule has 0 bridgehead atoms. The number of alkyl halides is 1. The van der Waals surface area contributed by atoms with Gasteiger partial charge in [0, 0.05) is 20.6 Å². The van der Waals surface area contributed by atoms with Crippen LogP contribution in [0.3, 0.4) is 0 Å². The fraction of sp³-hybridized carbons (Fsp3) is 0.167. The van der Waals surface area contributed by atoms with Crippen molar-refractivity contribution in [3.63, 3.8) is 0 Å². The third-order valence-electron chi connectivity index (χ3n) is 2.06. The summed E-state index contributed by atoms with van der Waals surface area (Å²) in [7, 11) is 0. The molecule has 0 unspecified atom stereocenters. The first-order chi connectivity index (χ1) is 7.78. The van der Waals surface area contributed by atoms with Crippen molar-refractivity contribution in [3.8, 4) is 5.75 Å². The largest absolute Gasteiger partial charge is 0.488 e. The fourth-order valence-electron chi connectivity index (χ4n) is 1.30. The van der Waals surface area contributed by atoms with Crippen molar-refractivity contribution in [1.82, 2.24) is 0 Å². The Kier molecular flexibility index (Phi) is 4.27. The Balaban J connectivity index is 1.99. The predicted octanol–water partition coefficient (Wildman–Crippen LogP) is 4.83. The van der Waals surface area contributed by atoms with Crippen LogP contribution in [0.25, 0.3) is 0 Å². The molecule has 2 rings (SSSR count). The van der Waals surface area contributed by atoms with Crippen LogP contribution in [-0.4, -0.2) is 0 Å². The maximum Gasteiger partial charge on any atom is 0.122 e. The lowest BCUT2D eigenvalue weighted by Crippen LogP contribution is -1.93. The number of hydrogen-bond donors (Lipinski definition) is 0. The topological polar surface area (TPSA) is 9.23 Å². The van der Waals surface area contributed by atoms with E-state index >= 15 is 0 Å². The summed E-state index contributed by atoms with van der Waals surface area (Å²) in [5.41, 5.74) is 1.08.